The van der Waals surface area contributed by atoms with Crippen LogP contribution in [0.15, 0.2) is 30.3 Å². The smallest absolute Gasteiger partial charge is 0.278 e. The van der Waals surface area contributed by atoms with E-state index in [9.17, 15) is 0 Å². The molecule has 0 bridgehead atoms. The molecule has 3 rings (SSSR count). The second kappa shape index (κ2) is 3.91. The number of nitrogens with two attached hydrogens (primary N) is 1. The Hall–Kier alpha value is -1.35. The molecule has 0 fully saturated rings. The summed E-state index contributed by atoms with van der Waals surface area (Å²) < 4.78 is 0. The summed E-state index contributed by atoms with van der Waals surface area (Å²) in [4.78, 5) is 4.71. The van der Waals surface area contributed by atoms with E-state index in [1.807, 2.05) is 0 Å². The van der Waals surface area contributed by atoms with Crippen molar-refractivity contribution >= 4 is 16.5 Å². The molecule has 1 aromatic carbocycles. The number of rotatable bonds is 1. The molecule has 0 saturated heterocycles. The number of anilines is 1. The molecule has 0 aliphatic heterocycles. The van der Waals surface area contributed by atoms with Crippen LogP contribution in [-0.2, 0) is 12.8 Å². The normalized spacial score (nSPS) is 19.4. The van der Waals surface area contributed by atoms with E-state index in [-0.39, 0.29) is 0 Å². The van der Waals surface area contributed by atoms with Crippen molar-refractivity contribution in [2.45, 2.75) is 25.2 Å². The second-order valence-corrected chi connectivity index (χ2v) is 5.48. The summed E-state index contributed by atoms with van der Waals surface area (Å²) in [6.45, 7) is 0. The van der Waals surface area contributed by atoms with Crippen molar-refractivity contribution < 1.29 is 4.98 Å². The lowest BCUT2D eigenvalue weighted by atomic mass is 9.85. The Morgan fingerprint density at radius 1 is 1.25 bits per heavy atom. The highest BCUT2D eigenvalue weighted by molar-refractivity contribution is 7.15. The van der Waals surface area contributed by atoms with Gasteiger partial charge in [0.1, 0.15) is 5.69 Å². The molecule has 1 aliphatic carbocycles. The predicted octanol–water partition coefficient (Wildman–Crippen LogP) is 2.42. The molecule has 1 aromatic heterocycles. The Bertz CT molecular complexity index is 490. The van der Waals surface area contributed by atoms with Crippen LogP contribution >= 0.6 is 11.3 Å². The Kier molecular flexibility index (Phi) is 2.40. The number of nitrogen functional groups attached to an aromatic ring is 1. The van der Waals surface area contributed by atoms with Crippen LogP contribution in [0.4, 0.5) is 5.13 Å². The minimum absolute atomic E-state index is 0.667. The topological polar surface area (TPSA) is 40.2 Å². The fourth-order valence-corrected chi connectivity index (χ4v) is 3.46. The summed E-state index contributed by atoms with van der Waals surface area (Å²) in [6, 6.07) is 10.8. The largest absolute Gasteiger partial charge is 0.329 e. The first-order valence-electron chi connectivity index (χ1n) is 5.67. The molecule has 2 nitrogen and oxygen atoms in total. The minimum atomic E-state index is 0.667. The first kappa shape index (κ1) is 9.85. The number of thiazole rings is 1. The maximum Gasteiger partial charge on any atom is 0.329 e. The number of hydrogen-bond acceptors (Lipinski definition) is 2. The van der Waals surface area contributed by atoms with Crippen molar-refractivity contribution in [3.8, 4) is 0 Å². The van der Waals surface area contributed by atoms with Gasteiger partial charge in [0.05, 0.1) is 4.88 Å². The zero-order chi connectivity index (χ0) is 11.0. The Labute approximate surface area is 99.1 Å². The molecule has 82 valence electrons. The van der Waals surface area contributed by atoms with Crippen LogP contribution < -0.4 is 10.7 Å². The van der Waals surface area contributed by atoms with E-state index < -0.39 is 0 Å². The van der Waals surface area contributed by atoms with E-state index in [0.717, 1.165) is 18.0 Å². The van der Waals surface area contributed by atoms with Crippen LogP contribution in [-0.4, -0.2) is 0 Å². The number of fused-ring (bicyclic) bond motifs is 1. The lowest BCUT2D eigenvalue weighted by molar-refractivity contribution is -0.368. The maximum atomic E-state index is 5.81. The van der Waals surface area contributed by atoms with Crippen molar-refractivity contribution in [1.82, 2.24) is 0 Å². The quantitative estimate of drug-likeness (QED) is 0.804. The van der Waals surface area contributed by atoms with E-state index >= 15 is 0 Å². The van der Waals surface area contributed by atoms with Gasteiger partial charge in [0.15, 0.2) is 0 Å². The summed E-state index contributed by atoms with van der Waals surface area (Å²) in [5.41, 5.74) is 8.62. The van der Waals surface area contributed by atoms with E-state index in [2.05, 4.69) is 35.3 Å². The first-order chi connectivity index (χ1) is 7.83. The van der Waals surface area contributed by atoms with Crippen molar-refractivity contribution in [3.63, 3.8) is 0 Å². The number of aromatic nitrogens is 1. The van der Waals surface area contributed by atoms with Crippen molar-refractivity contribution in [2.24, 2.45) is 0 Å². The van der Waals surface area contributed by atoms with Gasteiger partial charge in [-0.3, -0.25) is 5.73 Å². The minimum Gasteiger partial charge on any atom is -0.278 e. The number of hydrogen-bond donors (Lipinski definition) is 1. The summed E-state index contributed by atoms with van der Waals surface area (Å²) in [5.74, 6) is 0.667. The average molecular weight is 231 g/mol. The van der Waals surface area contributed by atoms with Gasteiger partial charge in [-0.1, -0.05) is 41.7 Å². The zero-order valence-electron chi connectivity index (χ0n) is 9.07. The zero-order valence-corrected chi connectivity index (χ0v) is 9.89. The number of aromatic amines is 1. The van der Waals surface area contributed by atoms with Crippen LogP contribution in [0.2, 0.25) is 0 Å². The van der Waals surface area contributed by atoms with Gasteiger partial charge in [-0.2, -0.15) is 0 Å². The maximum absolute atomic E-state index is 5.81. The molecular weight excluding hydrogens is 216 g/mol. The van der Waals surface area contributed by atoms with Gasteiger partial charge in [0.2, 0.25) is 0 Å². The predicted molar refractivity (Wildman–Crippen MR) is 66.5 cm³/mol. The average Bonchev–Trinajstić information content (AvgIpc) is 2.69. The summed E-state index contributed by atoms with van der Waals surface area (Å²) in [7, 11) is 0. The Balaban J connectivity index is 1.88. The van der Waals surface area contributed by atoms with Crippen molar-refractivity contribution in [1.29, 1.82) is 0 Å². The number of nitrogens with one attached hydrogen (secondary N) is 1. The van der Waals surface area contributed by atoms with E-state index in [4.69, 9.17) is 5.73 Å². The third-order valence-electron chi connectivity index (χ3n) is 3.29. The molecule has 0 amide bonds. The summed E-state index contributed by atoms with van der Waals surface area (Å²) in [5, 5.41) is 0.846. The highest BCUT2D eigenvalue weighted by atomic mass is 32.1. The highest BCUT2D eigenvalue weighted by Crippen LogP contribution is 2.34. The van der Waals surface area contributed by atoms with Crippen LogP contribution in [0.3, 0.4) is 0 Å². The molecule has 1 heterocycles. The Morgan fingerprint density at radius 2 is 2.06 bits per heavy atom. The Morgan fingerprint density at radius 3 is 2.88 bits per heavy atom. The summed E-state index contributed by atoms with van der Waals surface area (Å²) in [6.07, 6.45) is 3.49. The molecule has 16 heavy (non-hydrogen) atoms. The fourth-order valence-electron chi connectivity index (χ4n) is 2.46. The lowest BCUT2D eigenvalue weighted by Gasteiger charge is -2.20. The van der Waals surface area contributed by atoms with Crippen LogP contribution in [0.1, 0.15) is 28.5 Å². The number of H-pyrrole nitrogens is 1. The van der Waals surface area contributed by atoms with Gasteiger partial charge >= 0.3 is 5.13 Å². The third kappa shape index (κ3) is 1.71. The van der Waals surface area contributed by atoms with Crippen molar-refractivity contribution in [3.05, 3.63) is 46.5 Å². The molecule has 1 unspecified atom stereocenters. The van der Waals surface area contributed by atoms with Gasteiger partial charge in [-0.15, -0.1) is 0 Å². The third-order valence-corrected chi connectivity index (χ3v) is 4.27. The van der Waals surface area contributed by atoms with Gasteiger partial charge in [0, 0.05) is 6.42 Å². The SMILES string of the molecule is Nc1[nH+]c2c(s1)CC(c1ccccc1)CC2. The molecule has 0 spiro atoms. The molecule has 3 heteroatoms. The summed E-state index contributed by atoms with van der Waals surface area (Å²) >= 11 is 1.71. The van der Waals surface area contributed by atoms with E-state index in [0.29, 0.717) is 5.92 Å². The fraction of sp³-hybridized carbons (Fsp3) is 0.308. The molecule has 2 aromatic rings. The van der Waals surface area contributed by atoms with Gasteiger partial charge in [-0.05, 0) is 24.3 Å². The van der Waals surface area contributed by atoms with Gasteiger partial charge in [-0.25, -0.2) is 4.98 Å². The standard InChI is InChI=1S/C13H14N2S/c14-13-15-11-7-6-10(8-12(11)16-13)9-4-2-1-3-5-9/h1-5,10H,6-8H2,(H2,14,15)/p+1. The molecule has 1 aliphatic rings. The molecule has 3 N–H and O–H groups in total. The van der Waals surface area contributed by atoms with Crippen molar-refractivity contribution in [2.75, 3.05) is 5.73 Å². The molecule has 1 atom stereocenters. The lowest BCUT2D eigenvalue weighted by Crippen LogP contribution is -2.18. The van der Waals surface area contributed by atoms with Crippen LogP contribution in [0.5, 0.6) is 0 Å². The molecular formula is C13H15N2S+. The van der Waals surface area contributed by atoms with Crippen LogP contribution in [0, 0.1) is 0 Å². The van der Waals surface area contributed by atoms with Crippen LogP contribution in [0.25, 0.3) is 0 Å². The van der Waals surface area contributed by atoms with E-state index in [1.165, 1.54) is 22.6 Å². The van der Waals surface area contributed by atoms with E-state index in [1.54, 1.807) is 11.3 Å². The first-order valence-corrected chi connectivity index (χ1v) is 6.49. The monoisotopic (exact) mass is 231 g/mol. The highest BCUT2D eigenvalue weighted by Gasteiger charge is 2.25. The van der Waals surface area contributed by atoms with Gasteiger partial charge < -0.3 is 0 Å². The molecule has 0 radical (unpaired) electrons. The molecule has 0 saturated carbocycles. The second-order valence-electron chi connectivity index (χ2n) is 4.34. The number of benzene rings is 1. The van der Waals surface area contributed by atoms with Gasteiger partial charge in [0.25, 0.3) is 0 Å². The number of aryl methyl sites for hydroxylation is 1.